The molecule has 3 rings (SSSR count). The number of carbonyl (C=O) groups is 1. The van der Waals surface area contributed by atoms with E-state index in [1.807, 2.05) is 35.2 Å². The number of carbonyl (C=O) groups excluding carboxylic acids is 1. The van der Waals surface area contributed by atoms with E-state index in [4.69, 9.17) is 0 Å². The van der Waals surface area contributed by atoms with E-state index >= 15 is 0 Å². The van der Waals surface area contributed by atoms with Crippen LogP contribution in [0.25, 0.3) is 6.08 Å². The SMILES string of the molecule is Cc1cc(CNC(=O)CN2CCN(S(=O)(=O)/C=C/c3ccccc3)CC2)ccc1F. The number of rotatable bonds is 7. The fourth-order valence-electron chi connectivity index (χ4n) is 3.23. The summed E-state index contributed by atoms with van der Waals surface area (Å²) in [7, 11) is -3.49. The van der Waals surface area contributed by atoms with Crippen LogP contribution in [-0.2, 0) is 21.4 Å². The summed E-state index contributed by atoms with van der Waals surface area (Å²) in [5.41, 5.74) is 2.21. The second-order valence-corrected chi connectivity index (χ2v) is 9.11. The maximum Gasteiger partial charge on any atom is 0.236 e. The highest BCUT2D eigenvalue weighted by Crippen LogP contribution is 2.12. The molecule has 2 aromatic rings. The Kier molecular flexibility index (Phi) is 7.36. The Labute approximate surface area is 177 Å². The topological polar surface area (TPSA) is 69.7 Å². The van der Waals surface area contributed by atoms with Crippen LogP contribution in [0.5, 0.6) is 0 Å². The predicted octanol–water partition coefficient (Wildman–Crippen LogP) is 2.37. The van der Waals surface area contributed by atoms with Crippen molar-refractivity contribution in [3.8, 4) is 0 Å². The molecular formula is C22H26FN3O3S. The van der Waals surface area contributed by atoms with Gasteiger partial charge in [-0.2, -0.15) is 4.31 Å². The molecule has 30 heavy (non-hydrogen) atoms. The average Bonchev–Trinajstić information content (AvgIpc) is 2.74. The molecule has 8 heteroatoms. The molecular weight excluding hydrogens is 405 g/mol. The minimum atomic E-state index is -3.49. The van der Waals surface area contributed by atoms with E-state index in [0.29, 0.717) is 38.3 Å². The highest BCUT2D eigenvalue weighted by atomic mass is 32.2. The molecule has 0 spiro atoms. The maximum absolute atomic E-state index is 13.3. The van der Waals surface area contributed by atoms with Crippen molar-refractivity contribution >= 4 is 22.0 Å². The van der Waals surface area contributed by atoms with Gasteiger partial charge in [-0.15, -0.1) is 0 Å². The quantitative estimate of drug-likeness (QED) is 0.731. The number of nitrogens with zero attached hydrogens (tertiary/aromatic N) is 2. The van der Waals surface area contributed by atoms with Crippen molar-refractivity contribution in [2.45, 2.75) is 13.5 Å². The van der Waals surface area contributed by atoms with Gasteiger partial charge in [0.05, 0.1) is 6.54 Å². The van der Waals surface area contributed by atoms with Crippen LogP contribution in [0.15, 0.2) is 53.9 Å². The zero-order valence-electron chi connectivity index (χ0n) is 16.9. The van der Waals surface area contributed by atoms with Gasteiger partial charge in [0.1, 0.15) is 5.82 Å². The summed E-state index contributed by atoms with van der Waals surface area (Å²) >= 11 is 0. The lowest BCUT2D eigenvalue weighted by atomic mass is 10.1. The summed E-state index contributed by atoms with van der Waals surface area (Å²) in [4.78, 5) is 14.1. The van der Waals surface area contributed by atoms with Gasteiger partial charge in [0, 0.05) is 38.1 Å². The molecule has 0 bridgehead atoms. The van der Waals surface area contributed by atoms with Crippen LogP contribution < -0.4 is 5.32 Å². The summed E-state index contributed by atoms with van der Waals surface area (Å²) in [6, 6.07) is 14.0. The molecule has 1 fully saturated rings. The van der Waals surface area contributed by atoms with Gasteiger partial charge in [-0.05, 0) is 35.8 Å². The van der Waals surface area contributed by atoms with Crippen molar-refractivity contribution in [1.82, 2.24) is 14.5 Å². The third-order valence-electron chi connectivity index (χ3n) is 5.00. The number of amides is 1. The van der Waals surface area contributed by atoms with E-state index < -0.39 is 10.0 Å². The number of nitrogens with one attached hydrogen (secondary N) is 1. The summed E-state index contributed by atoms with van der Waals surface area (Å²) in [5.74, 6) is -0.409. The number of piperazine rings is 1. The van der Waals surface area contributed by atoms with E-state index in [2.05, 4.69) is 5.32 Å². The highest BCUT2D eigenvalue weighted by Gasteiger charge is 2.25. The lowest BCUT2D eigenvalue weighted by Crippen LogP contribution is -2.50. The normalized spacial score (nSPS) is 16.1. The fourth-order valence-corrected chi connectivity index (χ4v) is 4.41. The third kappa shape index (κ3) is 6.22. The van der Waals surface area contributed by atoms with Crippen LogP contribution in [0.2, 0.25) is 0 Å². The van der Waals surface area contributed by atoms with Crippen LogP contribution in [0.3, 0.4) is 0 Å². The van der Waals surface area contributed by atoms with Gasteiger partial charge in [-0.25, -0.2) is 12.8 Å². The van der Waals surface area contributed by atoms with Crippen molar-refractivity contribution in [3.63, 3.8) is 0 Å². The average molecular weight is 432 g/mol. The second kappa shape index (κ2) is 9.97. The van der Waals surface area contributed by atoms with Gasteiger partial charge in [0.15, 0.2) is 0 Å². The summed E-state index contributed by atoms with van der Waals surface area (Å²) in [6.07, 6.45) is 1.59. The summed E-state index contributed by atoms with van der Waals surface area (Å²) in [5, 5.41) is 4.06. The second-order valence-electron chi connectivity index (χ2n) is 7.29. The van der Waals surface area contributed by atoms with Gasteiger partial charge in [-0.1, -0.05) is 42.5 Å². The van der Waals surface area contributed by atoms with Gasteiger partial charge >= 0.3 is 0 Å². The molecule has 0 unspecified atom stereocenters. The van der Waals surface area contributed by atoms with E-state index in [-0.39, 0.29) is 18.3 Å². The van der Waals surface area contributed by atoms with Crippen LogP contribution in [-0.4, -0.2) is 56.3 Å². The zero-order chi connectivity index (χ0) is 21.6. The van der Waals surface area contributed by atoms with Gasteiger partial charge < -0.3 is 5.32 Å². The lowest BCUT2D eigenvalue weighted by Gasteiger charge is -2.32. The molecule has 1 N–H and O–H groups in total. The molecule has 0 atom stereocenters. The summed E-state index contributed by atoms with van der Waals surface area (Å²) < 4.78 is 39.8. The Morgan fingerprint density at radius 1 is 1.10 bits per heavy atom. The number of benzene rings is 2. The number of halogens is 1. The Bertz CT molecular complexity index is 1000. The smallest absolute Gasteiger partial charge is 0.236 e. The van der Waals surface area contributed by atoms with Crippen LogP contribution in [0.4, 0.5) is 4.39 Å². The third-order valence-corrected chi connectivity index (χ3v) is 6.57. The van der Waals surface area contributed by atoms with E-state index in [9.17, 15) is 17.6 Å². The number of aryl methyl sites for hydroxylation is 1. The first-order valence-corrected chi connectivity index (χ1v) is 11.3. The van der Waals surface area contributed by atoms with E-state index in [1.165, 1.54) is 15.8 Å². The maximum atomic E-state index is 13.3. The largest absolute Gasteiger partial charge is 0.351 e. The summed E-state index contributed by atoms with van der Waals surface area (Å²) in [6.45, 7) is 3.87. The molecule has 0 radical (unpaired) electrons. The molecule has 0 saturated carbocycles. The predicted molar refractivity (Wildman–Crippen MR) is 115 cm³/mol. The van der Waals surface area contributed by atoms with Gasteiger partial charge in [-0.3, -0.25) is 9.69 Å². The minimum Gasteiger partial charge on any atom is -0.351 e. The molecule has 1 amide bonds. The number of sulfonamides is 1. The molecule has 1 saturated heterocycles. The van der Waals surface area contributed by atoms with Crippen molar-refractivity contribution in [3.05, 3.63) is 76.4 Å². The first-order valence-electron chi connectivity index (χ1n) is 9.81. The molecule has 6 nitrogen and oxygen atoms in total. The van der Waals surface area contributed by atoms with Crippen LogP contribution in [0.1, 0.15) is 16.7 Å². The molecule has 0 aromatic heterocycles. The molecule has 1 aliphatic heterocycles. The first-order chi connectivity index (χ1) is 14.3. The van der Waals surface area contributed by atoms with Crippen LogP contribution >= 0.6 is 0 Å². The standard InChI is InChI=1S/C22H26FN3O3S/c1-18-15-20(7-8-21(18)23)16-24-22(27)17-25-10-12-26(13-11-25)30(28,29)14-9-19-5-3-2-4-6-19/h2-9,14-15H,10-13,16-17H2,1H3,(H,24,27)/b14-9+. The van der Waals surface area contributed by atoms with Crippen LogP contribution in [0, 0.1) is 12.7 Å². The van der Waals surface area contributed by atoms with E-state index in [1.54, 1.807) is 25.1 Å². The van der Waals surface area contributed by atoms with Gasteiger partial charge in [0.2, 0.25) is 15.9 Å². The zero-order valence-corrected chi connectivity index (χ0v) is 17.7. The molecule has 160 valence electrons. The Morgan fingerprint density at radius 3 is 2.47 bits per heavy atom. The molecule has 2 aromatic carbocycles. The fraction of sp³-hybridized carbons (Fsp3) is 0.318. The Balaban J connectivity index is 1.45. The van der Waals surface area contributed by atoms with Crippen molar-refractivity contribution in [2.24, 2.45) is 0 Å². The monoisotopic (exact) mass is 431 g/mol. The first kappa shape index (κ1) is 22.1. The Hall–Kier alpha value is -2.55. The lowest BCUT2D eigenvalue weighted by molar-refractivity contribution is -0.122. The molecule has 0 aliphatic carbocycles. The number of hydrogen-bond donors (Lipinski definition) is 1. The Morgan fingerprint density at radius 2 is 1.80 bits per heavy atom. The van der Waals surface area contributed by atoms with E-state index in [0.717, 1.165) is 11.1 Å². The van der Waals surface area contributed by atoms with Gasteiger partial charge in [0.25, 0.3) is 0 Å². The highest BCUT2D eigenvalue weighted by molar-refractivity contribution is 7.92. The van der Waals surface area contributed by atoms with Crippen molar-refractivity contribution in [1.29, 1.82) is 0 Å². The molecule has 1 aliphatic rings. The number of hydrogen-bond acceptors (Lipinski definition) is 4. The minimum absolute atomic E-state index is 0.141. The van der Waals surface area contributed by atoms with Crippen molar-refractivity contribution in [2.75, 3.05) is 32.7 Å². The van der Waals surface area contributed by atoms with Crippen molar-refractivity contribution < 1.29 is 17.6 Å². The molecule has 1 heterocycles.